The SMILES string of the molecule is Cc1sc(NC(=O)c2ccc(CN3CCCC3=O)cc2)c(C#N)c1C. The van der Waals surface area contributed by atoms with Crippen molar-refractivity contribution in [3.8, 4) is 6.07 Å². The maximum absolute atomic E-state index is 12.4. The van der Waals surface area contributed by atoms with Gasteiger partial charge in [0.05, 0.1) is 5.56 Å². The summed E-state index contributed by atoms with van der Waals surface area (Å²) in [6.07, 6.45) is 1.54. The van der Waals surface area contributed by atoms with Crippen LogP contribution in [0.5, 0.6) is 0 Å². The molecule has 0 atom stereocenters. The van der Waals surface area contributed by atoms with Crippen molar-refractivity contribution in [3.63, 3.8) is 0 Å². The second kappa shape index (κ2) is 7.08. The van der Waals surface area contributed by atoms with E-state index in [0.717, 1.165) is 29.0 Å². The minimum absolute atomic E-state index is 0.189. The normalized spacial score (nSPS) is 13.8. The lowest BCUT2D eigenvalue weighted by atomic mass is 10.1. The van der Waals surface area contributed by atoms with Crippen molar-refractivity contribution in [1.82, 2.24) is 4.90 Å². The topological polar surface area (TPSA) is 73.2 Å². The molecule has 0 radical (unpaired) electrons. The van der Waals surface area contributed by atoms with E-state index in [1.165, 1.54) is 11.3 Å². The largest absolute Gasteiger partial charge is 0.338 e. The molecule has 0 spiro atoms. The number of nitrogens with one attached hydrogen (secondary N) is 1. The van der Waals surface area contributed by atoms with Crippen LogP contribution in [0.4, 0.5) is 5.00 Å². The fourth-order valence-electron chi connectivity index (χ4n) is 2.88. The molecule has 1 aliphatic heterocycles. The average molecular weight is 353 g/mol. The Morgan fingerprint density at radius 1 is 1.32 bits per heavy atom. The minimum Gasteiger partial charge on any atom is -0.338 e. The summed E-state index contributed by atoms with van der Waals surface area (Å²) in [5, 5.41) is 12.7. The fourth-order valence-corrected chi connectivity index (χ4v) is 3.88. The standard InChI is InChI=1S/C19H19N3O2S/c1-12-13(2)25-19(16(12)10-20)21-18(24)15-7-5-14(6-8-15)11-22-9-3-4-17(22)23/h5-8H,3-4,9,11H2,1-2H3,(H,21,24). The zero-order chi connectivity index (χ0) is 18.0. The molecule has 1 aliphatic rings. The highest BCUT2D eigenvalue weighted by atomic mass is 32.1. The van der Waals surface area contributed by atoms with E-state index in [2.05, 4.69) is 11.4 Å². The predicted molar refractivity (Wildman–Crippen MR) is 97.6 cm³/mol. The molecule has 6 heteroatoms. The lowest BCUT2D eigenvalue weighted by molar-refractivity contribution is -0.128. The number of anilines is 1. The number of thiophene rings is 1. The lowest BCUT2D eigenvalue weighted by Crippen LogP contribution is -2.23. The van der Waals surface area contributed by atoms with Gasteiger partial charge in [-0.05, 0) is 43.5 Å². The maximum atomic E-state index is 12.4. The number of hydrogen-bond acceptors (Lipinski definition) is 4. The van der Waals surface area contributed by atoms with Crippen LogP contribution in [0.2, 0.25) is 0 Å². The number of nitriles is 1. The number of amides is 2. The van der Waals surface area contributed by atoms with Gasteiger partial charge in [0.25, 0.3) is 5.91 Å². The van der Waals surface area contributed by atoms with E-state index in [1.54, 1.807) is 12.1 Å². The van der Waals surface area contributed by atoms with Crippen LogP contribution >= 0.6 is 11.3 Å². The average Bonchev–Trinajstić information content (AvgIpc) is 3.11. The van der Waals surface area contributed by atoms with Gasteiger partial charge in [0.2, 0.25) is 5.91 Å². The highest BCUT2D eigenvalue weighted by Crippen LogP contribution is 2.32. The van der Waals surface area contributed by atoms with Crippen LogP contribution in [0.1, 0.15) is 44.8 Å². The summed E-state index contributed by atoms with van der Waals surface area (Å²) in [7, 11) is 0. The number of carbonyl (C=O) groups is 2. The third-order valence-corrected chi connectivity index (χ3v) is 5.61. The number of hydrogen-bond donors (Lipinski definition) is 1. The smallest absolute Gasteiger partial charge is 0.256 e. The zero-order valence-corrected chi connectivity index (χ0v) is 15.1. The number of carbonyl (C=O) groups excluding carboxylic acids is 2. The number of rotatable bonds is 4. The minimum atomic E-state index is -0.235. The Balaban J connectivity index is 1.70. The molecule has 128 valence electrons. The van der Waals surface area contributed by atoms with Gasteiger partial charge in [0.15, 0.2) is 0 Å². The third kappa shape index (κ3) is 3.57. The van der Waals surface area contributed by atoms with E-state index in [9.17, 15) is 14.9 Å². The molecule has 0 unspecified atom stereocenters. The van der Waals surface area contributed by atoms with E-state index in [0.29, 0.717) is 29.1 Å². The Hall–Kier alpha value is -2.65. The van der Waals surface area contributed by atoms with E-state index < -0.39 is 0 Å². The first-order chi connectivity index (χ1) is 12.0. The number of likely N-dealkylation sites (tertiary alicyclic amines) is 1. The number of benzene rings is 1. The van der Waals surface area contributed by atoms with E-state index in [-0.39, 0.29) is 11.8 Å². The fraction of sp³-hybridized carbons (Fsp3) is 0.316. The van der Waals surface area contributed by atoms with Crippen molar-refractivity contribution >= 4 is 28.2 Å². The van der Waals surface area contributed by atoms with Gasteiger partial charge in [-0.1, -0.05) is 12.1 Å². The second-order valence-electron chi connectivity index (χ2n) is 6.17. The molecule has 0 bridgehead atoms. The molecule has 0 aliphatic carbocycles. The van der Waals surface area contributed by atoms with Crippen LogP contribution < -0.4 is 5.32 Å². The zero-order valence-electron chi connectivity index (χ0n) is 14.3. The molecule has 1 aromatic heterocycles. The van der Waals surface area contributed by atoms with Gasteiger partial charge in [-0.15, -0.1) is 11.3 Å². The Morgan fingerprint density at radius 3 is 2.64 bits per heavy atom. The molecule has 0 saturated carbocycles. The Kier molecular flexibility index (Phi) is 4.86. The first-order valence-electron chi connectivity index (χ1n) is 8.17. The van der Waals surface area contributed by atoms with Gasteiger partial charge >= 0.3 is 0 Å². The first-order valence-corrected chi connectivity index (χ1v) is 8.99. The maximum Gasteiger partial charge on any atom is 0.256 e. The van der Waals surface area contributed by atoms with Gasteiger partial charge in [0.1, 0.15) is 11.1 Å². The monoisotopic (exact) mass is 353 g/mol. The molecule has 3 rings (SSSR count). The van der Waals surface area contributed by atoms with Crippen LogP contribution in [-0.4, -0.2) is 23.3 Å². The predicted octanol–water partition coefficient (Wildman–Crippen LogP) is 3.61. The van der Waals surface area contributed by atoms with Crippen molar-refractivity contribution in [2.45, 2.75) is 33.2 Å². The number of aryl methyl sites for hydroxylation is 1. The summed E-state index contributed by atoms with van der Waals surface area (Å²) < 4.78 is 0. The van der Waals surface area contributed by atoms with Crippen molar-refractivity contribution in [3.05, 3.63) is 51.4 Å². The van der Waals surface area contributed by atoms with Gasteiger partial charge in [-0.2, -0.15) is 5.26 Å². The van der Waals surface area contributed by atoms with Crippen LogP contribution in [0.3, 0.4) is 0 Å². The van der Waals surface area contributed by atoms with Gasteiger partial charge < -0.3 is 10.2 Å². The van der Waals surface area contributed by atoms with Gasteiger partial charge in [0, 0.05) is 30.0 Å². The number of nitrogens with zero attached hydrogens (tertiary/aromatic N) is 2. The molecule has 2 aromatic rings. The first kappa shape index (κ1) is 17.2. The molecule has 1 N–H and O–H groups in total. The van der Waals surface area contributed by atoms with Gasteiger partial charge in [-0.25, -0.2) is 0 Å². The molecule has 2 heterocycles. The van der Waals surface area contributed by atoms with Crippen LogP contribution in [0, 0.1) is 25.2 Å². The highest BCUT2D eigenvalue weighted by Gasteiger charge is 2.20. The molecule has 2 amide bonds. The molecular formula is C19H19N3O2S. The third-order valence-electron chi connectivity index (χ3n) is 4.49. The van der Waals surface area contributed by atoms with E-state index in [4.69, 9.17) is 0 Å². The van der Waals surface area contributed by atoms with Crippen LogP contribution in [0.15, 0.2) is 24.3 Å². The second-order valence-corrected chi connectivity index (χ2v) is 7.39. The van der Waals surface area contributed by atoms with Crippen LogP contribution in [-0.2, 0) is 11.3 Å². The Morgan fingerprint density at radius 2 is 2.04 bits per heavy atom. The van der Waals surface area contributed by atoms with Crippen molar-refractivity contribution in [2.75, 3.05) is 11.9 Å². The van der Waals surface area contributed by atoms with E-state index >= 15 is 0 Å². The lowest BCUT2D eigenvalue weighted by Gasteiger charge is -2.15. The summed E-state index contributed by atoms with van der Waals surface area (Å²) in [4.78, 5) is 27.0. The Bertz CT molecular complexity index is 862. The van der Waals surface area contributed by atoms with Crippen molar-refractivity contribution < 1.29 is 9.59 Å². The summed E-state index contributed by atoms with van der Waals surface area (Å²) in [5.41, 5.74) is 2.98. The molecule has 1 fully saturated rings. The molecule has 1 aromatic carbocycles. The summed E-state index contributed by atoms with van der Waals surface area (Å²) in [5.74, 6) is -0.0455. The van der Waals surface area contributed by atoms with Crippen molar-refractivity contribution in [2.24, 2.45) is 0 Å². The molecular weight excluding hydrogens is 334 g/mol. The molecule has 25 heavy (non-hydrogen) atoms. The summed E-state index contributed by atoms with van der Waals surface area (Å²) in [6, 6.07) is 9.41. The molecule has 5 nitrogen and oxygen atoms in total. The van der Waals surface area contributed by atoms with E-state index in [1.807, 2.05) is 30.9 Å². The quantitative estimate of drug-likeness (QED) is 0.912. The van der Waals surface area contributed by atoms with Crippen LogP contribution in [0.25, 0.3) is 0 Å². The van der Waals surface area contributed by atoms with Gasteiger partial charge in [-0.3, -0.25) is 9.59 Å². The van der Waals surface area contributed by atoms with Crippen molar-refractivity contribution in [1.29, 1.82) is 5.26 Å². The summed E-state index contributed by atoms with van der Waals surface area (Å²) in [6.45, 7) is 5.21. The highest BCUT2D eigenvalue weighted by molar-refractivity contribution is 7.16. The molecule has 1 saturated heterocycles. The Labute approximate surface area is 150 Å². The summed E-state index contributed by atoms with van der Waals surface area (Å²) >= 11 is 1.41.